The lowest BCUT2D eigenvalue weighted by molar-refractivity contribution is -0.831. The predicted molar refractivity (Wildman–Crippen MR) is 44.7 cm³/mol. The van der Waals surface area contributed by atoms with Crippen molar-refractivity contribution in [2.75, 3.05) is 7.11 Å². The first-order chi connectivity index (χ1) is 5.65. The lowest BCUT2D eigenvalue weighted by Gasteiger charge is -2.01. The Kier molecular flexibility index (Phi) is 3.03. The van der Waals surface area contributed by atoms with Crippen molar-refractivity contribution in [3.63, 3.8) is 0 Å². The molecule has 66 valence electrons. The van der Waals surface area contributed by atoms with Gasteiger partial charge < -0.3 is 0 Å². The summed E-state index contributed by atoms with van der Waals surface area (Å²) >= 11 is 5.69. The van der Waals surface area contributed by atoms with Gasteiger partial charge >= 0.3 is 0 Å². The summed E-state index contributed by atoms with van der Waals surface area (Å²) in [4.78, 5) is 4.70. The van der Waals surface area contributed by atoms with Crippen LogP contribution in [0, 0.1) is 12.7 Å². The molecule has 0 radical (unpaired) electrons. The minimum atomic E-state index is -0.368. The summed E-state index contributed by atoms with van der Waals surface area (Å²) in [6, 6.07) is 2.92. The molecule has 0 aromatic heterocycles. The molecule has 0 atom stereocenters. The van der Waals surface area contributed by atoms with Gasteiger partial charge in [-0.05, 0) is 18.6 Å². The Morgan fingerprint density at radius 3 is 2.75 bits per heavy atom. The maximum Gasteiger partial charge on any atom is 0.198 e. The van der Waals surface area contributed by atoms with Gasteiger partial charge in [-0.2, -0.15) is 5.48 Å². The Labute approximate surface area is 75.2 Å². The van der Waals surface area contributed by atoms with Crippen molar-refractivity contribution < 1.29 is 14.7 Å². The van der Waals surface area contributed by atoms with Crippen LogP contribution in [-0.2, 0) is 4.84 Å². The fraction of sp³-hybridized carbons (Fsp3) is 0.250. The normalized spacial score (nSPS) is 10.3. The highest BCUT2D eigenvalue weighted by atomic mass is 35.5. The molecule has 1 rings (SSSR count). The molecular weight excluding hydrogens is 181 g/mol. The van der Waals surface area contributed by atoms with Gasteiger partial charge in [0.2, 0.25) is 0 Å². The van der Waals surface area contributed by atoms with Crippen molar-refractivity contribution in [1.29, 1.82) is 0 Å². The SMILES string of the molecule is CO[NH2+]c1cc(C)c(Cl)cc1F. The van der Waals surface area contributed by atoms with E-state index in [0.29, 0.717) is 10.7 Å². The molecule has 0 bridgehead atoms. The molecule has 1 aromatic rings. The molecule has 0 amide bonds. The molecule has 0 spiro atoms. The standard InChI is InChI=1S/C8H9ClFNO/c1-5-3-8(11-12-2)7(10)4-6(5)9/h3-4,11H,1-2H3/p+1. The largest absolute Gasteiger partial charge is 0.204 e. The van der Waals surface area contributed by atoms with Crippen LogP contribution in [0.2, 0.25) is 5.02 Å². The number of aryl methyl sites for hydroxylation is 1. The van der Waals surface area contributed by atoms with Crippen LogP contribution in [0.1, 0.15) is 5.56 Å². The van der Waals surface area contributed by atoms with Crippen LogP contribution >= 0.6 is 11.6 Å². The maximum absolute atomic E-state index is 13.0. The summed E-state index contributed by atoms with van der Waals surface area (Å²) in [5.74, 6) is -0.368. The minimum absolute atomic E-state index is 0.368. The van der Waals surface area contributed by atoms with Crippen LogP contribution < -0.4 is 5.48 Å². The average Bonchev–Trinajstić information content (AvgIpc) is 2.01. The number of hydrogen-bond donors (Lipinski definition) is 1. The second kappa shape index (κ2) is 3.85. The number of halogens is 2. The van der Waals surface area contributed by atoms with Gasteiger partial charge in [-0.25, -0.2) is 9.23 Å². The maximum atomic E-state index is 13.0. The zero-order valence-electron chi connectivity index (χ0n) is 6.90. The van der Waals surface area contributed by atoms with Crippen LogP contribution in [0.4, 0.5) is 10.1 Å². The number of rotatable bonds is 2. The molecule has 0 saturated heterocycles. The fourth-order valence-corrected chi connectivity index (χ4v) is 1.05. The van der Waals surface area contributed by atoms with Gasteiger partial charge in [-0.15, -0.1) is 0 Å². The topological polar surface area (TPSA) is 25.8 Å². The number of nitrogens with two attached hydrogens (primary N) is 1. The van der Waals surface area contributed by atoms with Gasteiger partial charge in [0, 0.05) is 11.1 Å². The lowest BCUT2D eigenvalue weighted by Crippen LogP contribution is -2.76. The summed E-state index contributed by atoms with van der Waals surface area (Å²) in [5, 5.41) is 0.431. The van der Waals surface area contributed by atoms with Crippen molar-refractivity contribution in [1.82, 2.24) is 0 Å². The molecule has 4 heteroatoms. The van der Waals surface area contributed by atoms with Crippen molar-refractivity contribution >= 4 is 17.3 Å². The minimum Gasteiger partial charge on any atom is -0.204 e. The highest BCUT2D eigenvalue weighted by molar-refractivity contribution is 6.31. The average molecular weight is 191 g/mol. The van der Waals surface area contributed by atoms with Crippen molar-refractivity contribution in [3.05, 3.63) is 28.5 Å². The molecular formula is C8H10ClFNO+. The van der Waals surface area contributed by atoms with Crippen molar-refractivity contribution in [2.24, 2.45) is 0 Å². The number of benzene rings is 1. The van der Waals surface area contributed by atoms with Crippen LogP contribution in [0.5, 0.6) is 0 Å². The molecule has 2 nitrogen and oxygen atoms in total. The van der Waals surface area contributed by atoms with E-state index in [4.69, 9.17) is 16.4 Å². The lowest BCUT2D eigenvalue weighted by atomic mass is 10.2. The predicted octanol–water partition coefficient (Wildman–Crippen LogP) is 1.54. The Balaban J connectivity index is 3.05. The first-order valence-corrected chi connectivity index (χ1v) is 3.84. The Morgan fingerprint density at radius 1 is 1.50 bits per heavy atom. The van der Waals surface area contributed by atoms with E-state index in [-0.39, 0.29) is 5.82 Å². The molecule has 0 saturated carbocycles. The van der Waals surface area contributed by atoms with Gasteiger partial charge in [-0.3, -0.25) is 0 Å². The van der Waals surface area contributed by atoms with Crippen LogP contribution in [0.15, 0.2) is 12.1 Å². The molecule has 0 heterocycles. The second-order valence-corrected chi connectivity index (χ2v) is 2.88. The highest BCUT2D eigenvalue weighted by Crippen LogP contribution is 2.20. The molecule has 0 fully saturated rings. The van der Waals surface area contributed by atoms with Gasteiger partial charge in [0.15, 0.2) is 11.5 Å². The monoisotopic (exact) mass is 190 g/mol. The van der Waals surface area contributed by atoms with Crippen LogP contribution in [0.3, 0.4) is 0 Å². The van der Waals surface area contributed by atoms with E-state index >= 15 is 0 Å². The molecule has 0 aliphatic rings. The van der Waals surface area contributed by atoms with Gasteiger partial charge in [0.1, 0.15) is 0 Å². The van der Waals surface area contributed by atoms with Crippen molar-refractivity contribution in [2.45, 2.75) is 6.92 Å². The summed E-state index contributed by atoms with van der Waals surface area (Å²) in [7, 11) is 1.48. The van der Waals surface area contributed by atoms with Gasteiger partial charge in [0.25, 0.3) is 0 Å². The Bertz CT molecular complexity index is 291. The third-order valence-corrected chi connectivity index (χ3v) is 1.93. The Morgan fingerprint density at radius 2 is 2.17 bits per heavy atom. The van der Waals surface area contributed by atoms with Crippen LogP contribution in [-0.4, -0.2) is 7.11 Å². The number of hydrogen-bond acceptors (Lipinski definition) is 1. The van der Waals surface area contributed by atoms with E-state index in [1.807, 2.05) is 6.92 Å². The van der Waals surface area contributed by atoms with E-state index < -0.39 is 0 Å². The molecule has 12 heavy (non-hydrogen) atoms. The summed E-state index contributed by atoms with van der Waals surface area (Å²) in [6.45, 7) is 1.81. The van der Waals surface area contributed by atoms with Gasteiger partial charge in [0.05, 0.1) is 7.11 Å². The molecule has 0 unspecified atom stereocenters. The summed E-state index contributed by atoms with van der Waals surface area (Å²) < 4.78 is 13.0. The zero-order valence-corrected chi connectivity index (χ0v) is 7.65. The van der Waals surface area contributed by atoms with E-state index in [1.165, 1.54) is 18.7 Å². The fourth-order valence-electron chi connectivity index (χ4n) is 0.897. The quantitative estimate of drug-likeness (QED) is 0.556. The van der Waals surface area contributed by atoms with E-state index in [1.54, 1.807) is 6.07 Å². The first kappa shape index (κ1) is 9.45. The van der Waals surface area contributed by atoms with E-state index in [9.17, 15) is 4.39 Å². The molecule has 0 aliphatic heterocycles. The Hall–Kier alpha value is -0.640. The third kappa shape index (κ3) is 1.94. The van der Waals surface area contributed by atoms with E-state index in [2.05, 4.69) is 0 Å². The number of quaternary nitrogens is 1. The summed E-state index contributed by atoms with van der Waals surface area (Å²) in [5.41, 5.74) is 2.60. The van der Waals surface area contributed by atoms with E-state index in [0.717, 1.165) is 5.56 Å². The third-order valence-electron chi connectivity index (χ3n) is 1.52. The first-order valence-electron chi connectivity index (χ1n) is 3.47. The van der Waals surface area contributed by atoms with Crippen molar-refractivity contribution in [3.8, 4) is 0 Å². The molecule has 1 aromatic carbocycles. The molecule has 0 aliphatic carbocycles. The molecule has 2 N–H and O–H groups in total. The zero-order chi connectivity index (χ0) is 9.14. The highest BCUT2D eigenvalue weighted by Gasteiger charge is 2.08. The van der Waals surface area contributed by atoms with Crippen LogP contribution in [0.25, 0.3) is 0 Å². The van der Waals surface area contributed by atoms with Gasteiger partial charge in [-0.1, -0.05) is 11.6 Å². The summed E-state index contributed by atoms with van der Waals surface area (Å²) in [6.07, 6.45) is 0. The smallest absolute Gasteiger partial charge is 0.198 e. The second-order valence-electron chi connectivity index (χ2n) is 2.48.